The molecule has 1 aromatic carbocycles. The maximum Gasteiger partial charge on any atom is 0.341 e. The van der Waals surface area contributed by atoms with Crippen LogP contribution in [-0.4, -0.2) is 28.1 Å². The monoisotopic (exact) mass is 429 g/mol. The van der Waals surface area contributed by atoms with Crippen LogP contribution >= 0.6 is 22.9 Å². The molecular formula is C18H20ClNO5S2. The average Bonchev–Trinajstić information content (AvgIpc) is 2.99. The Balaban J connectivity index is 2.06. The van der Waals surface area contributed by atoms with Crippen molar-refractivity contribution in [2.45, 2.75) is 37.5 Å². The van der Waals surface area contributed by atoms with Crippen LogP contribution in [0, 0.1) is 0 Å². The maximum absolute atomic E-state index is 13.0. The number of carbonyl (C=O) groups is 1. The lowest BCUT2D eigenvalue weighted by Crippen LogP contribution is -2.17. The second-order valence-corrected chi connectivity index (χ2v) is 9.23. The maximum atomic E-state index is 13.0. The number of sulfonamides is 1. The number of methoxy groups -OCH3 is 1. The molecule has 1 heterocycles. The number of ether oxygens (including phenoxy) is 2. The molecule has 0 bridgehead atoms. The zero-order valence-electron chi connectivity index (χ0n) is 15.0. The molecule has 0 radical (unpaired) electrons. The summed E-state index contributed by atoms with van der Waals surface area (Å²) < 4.78 is 38.8. The van der Waals surface area contributed by atoms with Crippen LogP contribution in [0.3, 0.4) is 0 Å². The Bertz CT molecular complexity index is 968. The fourth-order valence-electron chi connectivity index (χ4n) is 3.09. The molecule has 1 aliphatic carbocycles. The third kappa shape index (κ3) is 4.07. The van der Waals surface area contributed by atoms with Gasteiger partial charge in [-0.15, -0.1) is 11.3 Å². The van der Waals surface area contributed by atoms with E-state index in [0.29, 0.717) is 5.56 Å². The van der Waals surface area contributed by atoms with Gasteiger partial charge in [0.15, 0.2) is 0 Å². The molecule has 1 aliphatic rings. The molecule has 146 valence electrons. The molecule has 1 aromatic heterocycles. The second kappa shape index (κ2) is 8.08. The van der Waals surface area contributed by atoms with Crippen molar-refractivity contribution in [3.8, 4) is 5.75 Å². The molecule has 0 unspecified atom stereocenters. The van der Waals surface area contributed by atoms with Gasteiger partial charge in [-0.2, -0.15) is 0 Å². The summed E-state index contributed by atoms with van der Waals surface area (Å²) in [6.07, 6.45) is 3.55. The van der Waals surface area contributed by atoms with E-state index in [1.54, 1.807) is 13.0 Å². The molecule has 0 saturated heterocycles. The van der Waals surface area contributed by atoms with Crippen LogP contribution in [0.1, 0.15) is 40.6 Å². The van der Waals surface area contributed by atoms with E-state index < -0.39 is 16.0 Å². The van der Waals surface area contributed by atoms with Gasteiger partial charge in [0.05, 0.1) is 19.3 Å². The standard InChI is InChI=1S/C18H20ClNO5S2/c1-3-25-18(21)16-12-6-4-5-7-14(12)26-17(16)20-27(22,23)15-10-11(19)8-9-13(15)24-2/h8-10,20H,3-7H2,1-2H3. The van der Waals surface area contributed by atoms with E-state index >= 15 is 0 Å². The SMILES string of the molecule is CCOC(=O)c1c(NS(=O)(=O)c2cc(Cl)ccc2OC)sc2c1CCCC2. The van der Waals surface area contributed by atoms with Crippen LogP contribution in [0.25, 0.3) is 0 Å². The predicted octanol–water partition coefficient (Wildman–Crippen LogP) is 4.27. The Morgan fingerprint density at radius 1 is 1.30 bits per heavy atom. The smallest absolute Gasteiger partial charge is 0.341 e. The zero-order chi connectivity index (χ0) is 19.6. The van der Waals surface area contributed by atoms with Crippen LogP contribution in [0.5, 0.6) is 5.75 Å². The highest BCUT2D eigenvalue weighted by atomic mass is 35.5. The fourth-order valence-corrected chi connectivity index (χ4v) is 6.11. The van der Waals surface area contributed by atoms with Crippen molar-refractivity contribution in [1.82, 2.24) is 0 Å². The summed E-state index contributed by atoms with van der Waals surface area (Å²) in [4.78, 5) is 13.4. The van der Waals surface area contributed by atoms with Crippen LogP contribution in [0.4, 0.5) is 5.00 Å². The minimum Gasteiger partial charge on any atom is -0.495 e. The number of hydrogen-bond donors (Lipinski definition) is 1. The van der Waals surface area contributed by atoms with Crippen molar-refractivity contribution in [1.29, 1.82) is 0 Å². The highest BCUT2D eigenvalue weighted by Crippen LogP contribution is 2.40. The third-order valence-corrected chi connectivity index (χ3v) is 7.24. The molecule has 0 saturated carbocycles. The molecular weight excluding hydrogens is 410 g/mol. The number of hydrogen-bond acceptors (Lipinski definition) is 6. The van der Waals surface area contributed by atoms with Crippen LogP contribution in [0.2, 0.25) is 5.02 Å². The largest absolute Gasteiger partial charge is 0.495 e. The summed E-state index contributed by atoms with van der Waals surface area (Å²) in [5, 5.41) is 0.551. The molecule has 3 rings (SSSR count). The van der Waals surface area contributed by atoms with Crippen molar-refractivity contribution in [3.05, 3.63) is 39.2 Å². The van der Waals surface area contributed by atoms with Crippen molar-refractivity contribution in [2.75, 3.05) is 18.4 Å². The summed E-state index contributed by atoms with van der Waals surface area (Å²) >= 11 is 7.26. The molecule has 0 spiro atoms. The average molecular weight is 430 g/mol. The first kappa shape index (κ1) is 20.0. The Labute approximate surface area is 167 Å². The molecule has 0 fully saturated rings. The quantitative estimate of drug-likeness (QED) is 0.693. The van der Waals surface area contributed by atoms with E-state index in [4.69, 9.17) is 21.1 Å². The number of anilines is 1. The van der Waals surface area contributed by atoms with E-state index in [1.807, 2.05) is 0 Å². The Morgan fingerprint density at radius 2 is 2.04 bits per heavy atom. The highest BCUT2D eigenvalue weighted by molar-refractivity contribution is 7.93. The molecule has 2 aromatic rings. The van der Waals surface area contributed by atoms with E-state index in [-0.39, 0.29) is 27.3 Å². The number of carbonyl (C=O) groups excluding carboxylic acids is 1. The Kier molecular flexibility index (Phi) is 5.98. The van der Waals surface area contributed by atoms with E-state index in [9.17, 15) is 13.2 Å². The fraction of sp³-hybridized carbons (Fsp3) is 0.389. The van der Waals surface area contributed by atoms with Crippen molar-refractivity contribution in [3.63, 3.8) is 0 Å². The van der Waals surface area contributed by atoms with Gasteiger partial charge in [0.25, 0.3) is 10.0 Å². The molecule has 1 N–H and O–H groups in total. The molecule has 27 heavy (non-hydrogen) atoms. The van der Waals surface area contributed by atoms with Crippen LogP contribution in [0.15, 0.2) is 23.1 Å². The van der Waals surface area contributed by atoms with Crippen LogP contribution in [-0.2, 0) is 27.6 Å². The number of halogens is 1. The number of thiophene rings is 1. The van der Waals surface area contributed by atoms with Crippen molar-refractivity contribution < 1.29 is 22.7 Å². The minimum absolute atomic E-state index is 0.0846. The minimum atomic E-state index is -4.01. The van der Waals surface area contributed by atoms with Gasteiger partial charge in [0.1, 0.15) is 15.6 Å². The number of fused-ring (bicyclic) bond motifs is 1. The summed E-state index contributed by atoms with van der Waals surface area (Å²) in [7, 11) is -2.62. The lowest BCUT2D eigenvalue weighted by Gasteiger charge is -2.13. The molecule has 0 amide bonds. The summed E-state index contributed by atoms with van der Waals surface area (Å²) in [6.45, 7) is 1.94. The Hall–Kier alpha value is -1.77. The molecule has 0 aliphatic heterocycles. The van der Waals surface area contributed by atoms with Gasteiger partial charge in [-0.05, 0) is 56.4 Å². The number of rotatable bonds is 6. The van der Waals surface area contributed by atoms with Crippen molar-refractivity contribution >= 4 is 43.9 Å². The Morgan fingerprint density at radius 3 is 2.74 bits per heavy atom. The second-order valence-electron chi connectivity index (χ2n) is 6.04. The number of benzene rings is 1. The third-order valence-electron chi connectivity index (χ3n) is 4.29. The number of nitrogens with one attached hydrogen (secondary N) is 1. The number of esters is 1. The van der Waals surface area contributed by atoms with Crippen LogP contribution < -0.4 is 9.46 Å². The van der Waals surface area contributed by atoms with Gasteiger partial charge in [0, 0.05) is 9.90 Å². The van der Waals surface area contributed by atoms with Gasteiger partial charge < -0.3 is 9.47 Å². The first-order valence-corrected chi connectivity index (χ1v) is 11.2. The van der Waals surface area contributed by atoms with E-state index in [2.05, 4.69) is 4.72 Å². The molecule has 6 nitrogen and oxygen atoms in total. The molecule has 9 heteroatoms. The molecule has 0 atom stereocenters. The van der Waals surface area contributed by atoms with E-state index in [1.165, 1.54) is 30.6 Å². The summed E-state index contributed by atoms with van der Waals surface area (Å²) in [5.74, 6) is -0.335. The van der Waals surface area contributed by atoms with Crippen molar-refractivity contribution in [2.24, 2.45) is 0 Å². The van der Waals surface area contributed by atoms with Gasteiger partial charge >= 0.3 is 5.97 Å². The summed E-state index contributed by atoms with van der Waals surface area (Å²) in [6, 6.07) is 4.36. The lowest BCUT2D eigenvalue weighted by atomic mass is 9.95. The normalized spacial score (nSPS) is 13.7. The topological polar surface area (TPSA) is 81.7 Å². The van der Waals surface area contributed by atoms with Gasteiger partial charge in [-0.25, -0.2) is 13.2 Å². The lowest BCUT2D eigenvalue weighted by molar-refractivity contribution is 0.0526. The summed E-state index contributed by atoms with van der Waals surface area (Å²) in [5.41, 5.74) is 1.21. The van der Waals surface area contributed by atoms with Gasteiger partial charge in [0.2, 0.25) is 0 Å². The highest BCUT2D eigenvalue weighted by Gasteiger charge is 2.30. The first-order chi connectivity index (χ1) is 12.9. The van der Waals surface area contributed by atoms with Gasteiger partial charge in [-0.3, -0.25) is 4.72 Å². The zero-order valence-corrected chi connectivity index (χ0v) is 17.4. The van der Waals surface area contributed by atoms with E-state index in [0.717, 1.165) is 36.1 Å². The van der Waals surface area contributed by atoms with Gasteiger partial charge in [-0.1, -0.05) is 11.6 Å². The number of aryl methyl sites for hydroxylation is 1. The predicted molar refractivity (Wildman–Crippen MR) is 106 cm³/mol. The first-order valence-electron chi connectivity index (χ1n) is 8.55.